The summed E-state index contributed by atoms with van der Waals surface area (Å²) in [6, 6.07) is 21.4. The van der Waals surface area contributed by atoms with Crippen LogP contribution in [0.5, 0.6) is 0 Å². The number of amides is 3. The lowest BCUT2D eigenvalue weighted by Crippen LogP contribution is -2.45. The van der Waals surface area contributed by atoms with Crippen LogP contribution in [0.15, 0.2) is 85.2 Å². The standard InChI is InChI=1S/C38H38N4O5/c1-23-8-10-32(24(2)16-23)38(46)47-31-18-27(19-31)21-40-35(43)30-7-5-6-26(17-30)22-42-25(3)36(44)41(4)34-20-29(9-11-33(34)37(42)45)28-12-14-39-15-13-28/h5-17,20,25,27,31H,18-19,21-22H2,1-4H3,(H,40,43)/t25-,27?,31?/m1/s1. The molecule has 3 amide bonds. The summed E-state index contributed by atoms with van der Waals surface area (Å²) in [5.74, 6) is -0.759. The number of pyridine rings is 1. The minimum absolute atomic E-state index is 0.157. The first-order valence-electron chi connectivity index (χ1n) is 15.9. The summed E-state index contributed by atoms with van der Waals surface area (Å²) in [6.07, 6.45) is 4.64. The SMILES string of the molecule is Cc1ccc(C(=O)OC2CC(CNC(=O)c3cccc(CN4C(=O)c5ccc(-c6ccncc6)cc5N(C)C(=O)[C@H]4C)c3)C2)c(C)c1. The highest BCUT2D eigenvalue weighted by Gasteiger charge is 2.36. The molecule has 9 heteroatoms. The molecule has 2 heterocycles. The predicted octanol–water partition coefficient (Wildman–Crippen LogP) is 5.74. The molecular formula is C38H38N4O5. The van der Waals surface area contributed by atoms with Gasteiger partial charge in [-0.05, 0) is 104 Å². The van der Waals surface area contributed by atoms with Crippen molar-refractivity contribution in [3.05, 3.63) is 119 Å². The number of benzene rings is 3. The van der Waals surface area contributed by atoms with Crippen LogP contribution in [-0.2, 0) is 16.1 Å². The molecule has 4 aromatic rings. The van der Waals surface area contributed by atoms with Gasteiger partial charge in [-0.2, -0.15) is 0 Å². The third-order valence-corrected chi connectivity index (χ3v) is 9.18. The second-order valence-electron chi connectivity index (χ2n) is 12.6. The van der Waals surface area contributed by atoms with E-state index in [0.29, 0.717) is 41.8 Å². The number of ether oxygens (including phenoxy) is 1. The normalized spacial score (nSPS) is 19.0. The molecule has 0 bridgehead atoms. The molecule has 47 heavy (non-hydrogen) atoms. The highest BCUT2D eigenvalue weighted by atomic mass is 16.5. The number of fused-ring (bicyclic) bond motifs is 1. The Morgan fingerprint density at radius 3 is 2.45 bits per heavy atom. The molecule has 3 aromatic carbocycles. The Balaban J connectivity index is 1.07. The Labute approximate surface area is 274 Å². The van der Waals surface area contributed by atoms with Crippen molar-refractivity contribution in [1.29, 1.82) is 0 Å². The Morgan fingerprint density at radius 1 is 0.936 bits per heavy atom. The molecule has 1 aliphatic carbocycles. The summed E-state index contributed by atoms with van der Waals surface area (Å²) in [6.45, 7) is 6.26. The first-order chi connectivity index (χ1) is 22.6. The number of rotatable bonds is 8. The molecule has 0 unspecified atom stereocenters. The zero-order chi connectivity index (χ0) is 33.2. The summed E-state index contributed by atoms with van der Waals surface area (Å²) < 4.78 is 5.68. The fourth-order valence-corrected chi connectivity index (χ4v) is 6.33. The molecule has 0 radical (unpaired) electrons. The van der Waals surface area contributed by atoms with Gasteiger partial charge in [0.05, 0.1) is 16.8 Å². The van der Waals surface area contributed by atoms with Crippen molar-refractivity contribution in [1.82, 2.24) is 15.2 Å². The zero-order valence-electron chi connectivity index (χ0n) is 27.0. The summed E-state index contributed by atoms with van der Waals surface area (Å²) in [5, 5.41) is 3.00. The van der Waals surface area contributed by atoms with E-state index >= 15 is 0 Å². The van der Waals surface area contributed by atoms with Crippen molar-refractivity contribution in [2.45, 2.75) is 52.3 Å². The largest absolute Gasteiger partial charge is 0.459 e. The average molecular weight is 631 g/mol. The van der Waals surface area contributed by atoms with E-state index in [1.165, 1.54) is 0 Å². The Bertz CT molecular complexity index is 1850. The number of likely N-dealkylation sites (N-methyl/N-ethyl adjacent to an activating group) is 1. The molecule has 0 saturated heterocycles. The number of carbonyl (C=O) groups excluding carboxylic acids is 4. The lowest BCUT2D eigenvalue weighted by atomic mass is 9.82. The van der Waals surface area contributed by atoms with Gasteiger partial charge in [-0.15, -0.1) is 0 Å². The van der Waals surface area contributed by atoms with Crippen LogP contribution >= 0.6 is 0 Å². The minimum Gasteiger partial charge on any atom is -0.459 e. The van der Waals surface area contributed by atoms with Crippen LogP contribution in [0.4, 0.5) is 5.69 Å². The monoisotopic (exact) mass is 630 g/mol. The van der Waals surface area contributed by atoms with Crippen LogP contribution in [0.1, 0.15) is 67.5 Å². The molecule has 9 nitrogen and oxygen atoms in total. The predicted molar refractivity (Wildman–Crippen MR) is 179 cm³/mol. The van der Waals surface area contributed by atoms with Crippen LogP contribution < -0.4 is 10.2 Å². The number of aromatic nitrogens is 1. The number of nitrogens with zero attached hydrogens (tertiary/aromatic N) is 3. The molecule has 1 saturated carbocycles. The highest BCUT2D eigenvalue weighted by Crippen LogP contribution is 2.33. The van der Waals surface area contributed by atoms with Crippen molar-refractivity contribution < 1.29 is 23.9 Å². The second kappa shape index (κ2) is 13.2. The van der Waals surface area contributed by atoms with E-state index in [2.05, 4.69) is 10.3 Å². The van der Waals surface area contributed by atoms with Gasteiger partial charge in [0.1, 0.15) is 12.1 Å². The van der Waals surface area contributed by atoms with Crippen LogP contribution in [0.2, 0.25) is 0 Å². The van der Waals surface area contributed by atoms with Crippen LogP contribution in [-0.4, -0.2) is 59.3 Å². The number of hydrogen-bond donors (Lipinski definition) is 1. The summed E-state index contributed by atoms with van der Waals surface area (Å²) >= 11 is 0. The number of esters is 1. The fourth-order valence-electron chi connectivity index (χ4n) is 6.33. The van der Waals surface area contributed by atoms with Crippen molar-refractivity contribution >= 4 is 29.4 Å². The van der Waals surface area contributed by atoms with Crippen molar-refractivity contribution in [3.63, 3.8) is 0 Å². The third kappa shape index (κ3) is 6.65. The molecule has 1 N–H and O–H groups in total. The average Bonchev–Trinajstić information content (AvgIpc) is 3.12. The van der Waals surface area contributed by atoms with Gasteiger partial charge in [0, 0.05) is 38.1 Å². The van der Waals surface area contributed by atoms with Gasteiger partial charge in [0.2, 0.25) is 5.91 Å². The zero-order valence-corrected chi connectivity index (χ0v) is 27.0. The maximum absolute atomic E-state index is 13.9. The number of nitrogens with one attached hydrogen (secondary N) is 1. The van der Waals surface area contributed by atoms with Gasteiger partial charge >= 0.3 is 5.97 Å². The van der Waals surface area contributed by atoms with Gasteiger partial charge < -0.3 is 19.9 Å². The second-order valence-corrected chi connectivity index (χ2v) is 12.6. The van der Waals surface area contributed by atoms with Crippen molar-refractivity contribution in [3.8, 4) is 11.1 Å². The molecule has 0 spiro atoms. The molecule has 6 rings (SSSR count). The third-order valence-electron chi connectivity index (χ3n) is 9.18. The van der Waals surface area contributed by atoms with Crippen LogP contribution in [0.3, 0.4) is 0 Å². The van der Waals surface area contributed by atoms with E-state index in [9.17, 15) is 19.2 Å². The molecule has 2 aliphatic rings. The van der Waals surface area contributed by atoms with Gasteiger partial charge in [0.15, 0.2) is 0 Å². The molecule has 1 aliphatic heterocycles. The molecule has 1 atom stereocenters. The first kappa shape index (κ1) is 31.7. The topological polar surface area (TPSA) is 109 Å². The summed E-state index contributed by atoms with van der Waals surface area (Å²) in [7, 11) is 1.69. The maximum atomic E-state index is 13.9. The Morgan fingerprint density at radius 2 is 1.70 bits per heavy atom. The highest BCUT2D eigenvalue weighted by molar-refractivity contribution is 6.11. The molecule has 240 valence electrons. The van der Waals surface area contributed by atoms with Gasteiger partial charge in [-0.25, -0.2) is 4.79 Å². The van der Waals surface area contributed by atoms with E-state index in [1.807, 2.05) is 56.3 Å². The van der Waals surface area contributed by atoms with E-state index in [0.717, 1.165) is 27.8 Å². The Kier molecular flexibility index (Phi) is 8.89. The quantitative estimate of drug-likeness (QED) is 0.249. The number of hydrogen-bond acceptors (Lipinski definition) is 6. The number of aryl methyl sites for hydroxylation is 2. The maximum Gasteiger partial charge on any atom is 0.338 e. The van der Waals surface area contributed by atoms with Crippen molar-refractivity contribution in [2.75, 3.05) is 18.5 Å². The number of carbonyl (C=O) groups is 4. The van der Waals surface area contributed by atoms with Gasteiger partial charge in [-0.1, -0.05) is 35.9 Å². The summed E-state index contributed by atoms with van der Waals surface area (Å²) in [5.41, 5.74) is 6.61. The van der Waals surface area contributed by atoms with Gasteiger partial charge in [-0.3, -0.25) is 19.4 Å². The fraction of sp³-hybridized carbons (Fsp3) is 0.289. The van der Waals surface area contributed by atoms with E-state index in [1.54, 1.807) is 66.5 Å². The van der Waals surface area contributed by atoms with E-state index < -0.39 is 6.04 Å². The Hall–Kier alpha value is -5.31. The van der Waals surface area contributed by atoms with E-state index in [4.69, 9.17) is 4.74 Å². The number of anilines is 1. The van der Waals surface area contributed by atoms with Crippen molar-refractivity contribution in [2.24, 2.45) is 5.92 Å². The first-order valence-corrected chi connectivity index (χ1v) is 15.9. The summed E-state index contributed by atoms with van der Waals surface area (Å²) in [4.78, 5) is 60.2. The molecule has 1 fully saturated rings. The minimum atomic E-state index is -0.711. The lowest BCUT2D eigenvalue weighted by Gasteiger charge is -2.34. The molecule has 1 aromatic heterocycles. The smallest absolute Gasteiger partial charge is 0.338 e. The van der Waals surface area contributed by atoms with E-state index in [-0.39, 0.29) is 42.3 Å². The lowest BCUT2D eigenvalue weighted by molar-refractivity contribution is -0.122. The van der Waals surface area contributed by atoms with Gasteiger partial charge in [0.25, 0.3) is 11.8 Å². The van der Waals surface area contributed by atoms with Crippen LogP contribution in [0, 0.1) is 19.8 Å². The van der Waals surface area contributed by atoms with Crippen LogP contribution in [0.25, 0.3) is 11.1 Å². The molecular weight excluding hydrogens is 592 g/mol.